The maximum absolute atomic E-state index is 14.0. The fourth-order valence-electron chi connectivity index (χ4n) is 2.90. The molecule has 7 heteroatoms. The molecule has 6 nitrogen and oxygen atoms in total. The van der Waals surface area contributed by atoms with Gasteiger partial charge in [0, 0.05) is 24.1 Å². The highest BCUT2D eigenvalue weighted by molar-refractivity contribution is 5.76. The van der Waals surface area contributed by atoms with E-state index in [4.69, 9.17) is 14.0 Å². The molecule has 4 rings (SSSR count). The average molecular weight is 368 g/mol. The van der Waals surface area contributed by atoms with E-state index in [0.29, 0.717) is 41.3 Å². The van der Waals surface area contributed by atoms with Crippen LogP contribution in [-0.4, -0.2) is 17.9 Å². The minimum atomic E-state index is -0.375. The Morgan fingerprint density at radius 2 is 2.00 bits per heavy atom. The van der Waals surface area contributed by atoms with Gasteiger partial charge in [0.15, 0.2) is 11.5 Å². The molecule has 1 aromatic heterocycles. The predicted octanol–water partition coefficient (Wildman–Crippen LogP) is 3.46. The molecule has 0 bridgehead atoms. The normalized spacial score (nSPS) is 12.2. The zero-order valence-corrected chi connectivity index (χ0v) is 14.4. The number of hydrogen-bond acceptors (Lipinski definition) is 5. The third kappa shape index (κ3) is 3.76. The van der Waals surface area contributed by atoms with Crippen LogP contribution in [-0.2, 0) is 17.8 Å². The quantitative estimate of drug-likeness (QED) is 0.721. The first-order valence-corrected chi connectivity index (χ1v) is 8.54. The Balaban J connectivity index is 1.34. The van der Waals surface area contributed by atoms with E-state index in [2.05, 4.69) is 10.5 Å². The van der Waals surface area contributed by atoms with Gasteiger partial charge in [0.05, 0.1) is 0 Å². The van der Waals surface area contributed by atoms with Crippen molar-refractivity contribution in [3.05, 3.63) is 65.7 Å². The lowest BCUT2D eigenvalue weighted by atomic mass is 10.0. The molecular formula is C20H17FN2O4. The number of carbonyl (C=O) groups excluding carboxylic acids is 1. The summed E-state index contributed by atoms with van der Waals surface area (Å²) < 4.78 is 29.5. The van der Waals surface area contributed by atoms with Crippen molar-refractivity contribution >= 4 is 5.91 Å². The molecule has 0 radical (unpaired) electrons. The SMILES string of the molecule is O=C(CCc1conc1-c1ccccc1F)NCc1ccc2c(c1)OCO2. The van der Waals surface area contributed by atoms with Crippen molar-refractivity contribution in [3.63, 3.8) is 0 Å². The van der Waals surface area contributed by atoms with Gasteiger partial charge in [-0.05, 0) is 36.2 Å². The van der Waals surface area contributed by atoms with Crippen LogP contribution in [0.25, 0.3) is 11.3 Å². The van der Waals surface area contributed by atoms with Gasteiger partial charge in [0.2, 0.25) is 12.7 Å². The van der Waals surface area contributed by atoms with Crippen molar-refractivity contribution in [2.75, 3.05) is 6.79 Å². The van der Waals surface area contributed by atoms with Crippen molar-refractivity contribution in [2.45, 2.75) is 19.4 Å². The van der Waals surface area contributed by atoms with Crippen LogP contribution >= 0.6 is 0 Å². The highest BCUT2D eigenvalue weighted by Crippen LogP contribution is 2.32. The lowest BCUT2D eigenvalue weighted by Crippen LogP contribution is -2.23. The Morgan fingerprint density at radius 3 is 2.89 bits per heavy atom. The van der Waals surface area contributed by atoms with Gasteiger partial charge in [0.1, 0.15) is 17.8 Å². The Labute approximate surface area is 154 Å². The molecule has 0 saturated heterocycles. The number of carbonyl (C=O) groups is 1. The van der Waals surface area contributed by atoms with Crippen LogP contribution in [0.3, 0.4) is 0 Å². The Hall–Kier alpha value is -3.35. The van der Waals surface area contributed by atoms with E-state index < -0.39 is 0 Å². The number of benzene rings is 2. The fourth-order valence-corrected chi connectivity index (χ4v) is 2.90. The lowest BCUT2D eigenvalue weighted by Gasteiger charge is -2.06. The minimum absolute atomic E-state index is 0.117. The van der Waals surface area contributed by atoms with Crippen LogP contribution in [0.15, 0.2) is 53.3 Å². The monoisotopic (exact) mass is 368 g/mol. The second kappa shape index (κ2) is 7.49. The Morgan fingerprint density at radius 1 is 1.15 bits per heavy atom. The van der Waals surface area contributed by atoms with E-state index in [1.807, 2.05) is 18.2 Å². The summed E-state index contributed by atoms with van der Waals surface area (Å²) in [5, 5.41) is 6.74. The zero-order chi connectivity index (χ0) is 18.6. The average Bonchev–Trinajstić information content (AvgIpc) is 3.33. The van der Waals surface area contributed by atoms with Gasteiger partial charge in [-0.2, -0.15) is 0 Å². The van der Waals surface area contributed by atoms with E-state index in [1.54, 1.807) is 18.2 Å². The Kier molecular flexibility index (Phi) is 4.74. The lowest BCUT2D eigenvalue weighted by molar-refractivity contribution is -0.121. The summed E-state index contributed by atoms with van der Waals surface area (Å²) in [5.41, 5.74) is 2.40. The first kappa shape index (κ1) is 17.1. The molecule has 0 saturated carbocycles. The molecule has 1 amide bonds. The number of hydrogen-bond donors (Lipinski definition) is 1. The molecule has 1 aliphatic rings. The number of ether oxygens (including phenoxy) is 2. The minimum Gasteiger partial charge on any atom is -0.454 e. The summed E-state index contributed by atoms with van der Waals surface area (Å²) in [6.45, 7) is 0.605. The third-order valence-electron chi connectivity index (χ3n) is 4.32. The molecule has 0 spiro atoms. The van der Waals surface area contributed by atoms with Gasteiger partial charge in [-0.25, -0.2) is 4.39 Å². The van der Waals surface area contributed by atoms with Crippen molar-refractivity contribution in [3.8, 4) is 22.8 Å². The number of rotatable bonds is 6. The number of aromatic nitrogens is 1. The second-order valence-corrected chi connectivity index (χ2v) is 6.13. The molecule has 3 aromatic rings. The zero-order valence-electron chi connectivity index (χ0n) is 14.4. The number of amides is 1. The largest absolute Gasteiger partial charge is 0.454 e. The van der Waals surface area contributed by atoms with E-state index in [1.165, 1.54) is 12.3 Å². The van der Waals surface area contributed by atoms with Crippen LogP contribution in [0.1, 0.15) is 17.5 Å². The fraction of sp³-hybridized carbons (Fsp3) is 0.200. The van der Waals surface area contributed by atoms with Crippen molar-refractivity contribution < 1.29 is 23.2 Å². The molecule has 27 heavy (non-hydrogen) atoms. The number of halogens is 1. The van der Waals surface area contributed by atoms with Crippen LogP contribution in [0, 0.1) is 5.82 Å². The smallest absolute Gasteiger partial charge is 0.231 e. The summed E-state index contributed by atoms with van der Waals surface area (Å²) in [6, 6.07) is 11.9. The topological polar surface area (TPSA) is 73.6 Å². The molecule has 1 aliphatic heterocycles. The van der Waals surface area contributed by atoms with Gasteiger partial charge in [-0.15, -0.1) is 0 Å². The molecule has 0 atom stereocenters. The van der Waals surface area contributed by atoms with Crippen LogP contribution in [0.2, 0.25) is 0 Å². The molecular weight excluding hydrogens is 351 g/mol. The highest BCUT2D eigenvalue weighted by atomic mass is 19.1. The molecule has 0 fully saturated rings. The predicted molar refractivity (Wildman–Crippen MR) is 94.6 cm³/mol. The molecule has 2 heterocycles. The molecule has 2 aromatic carbocycles. The van der Waals surface area contributed by atoms with Gasteiger partial charge in [0.25, 0.3) is 0 Å². The number of nitrogens with zero attached hydrogens (tertiary/aromatic N) is 1. The van der Waals surface area contributed by atoms with Crippen LogP contribution in [0.5, 0.6) is 11.5 Å². The summed E-state index contributed by atoms with van der Waals surface area (Å²) in [5.74, 6) is 0.896. The maximum atomic E-state index is 14.0. The summed E-state index contributed by atoms with van der Waals surface area (Å²) in [6.07, 6.45) is 2.10. The Bertz CT molecular complexity index is 970. The van der Waals surface area contributed by atoms with Gasteiger partial charge in [-0.1, -0.05) is 23.4 Å². The van der Waals surface area contributed by atoms with Crippen molar-refractivity contribution in [1.82, 2.24) is 10.5 Å². The van der Waals surface area contributed by atoms with Crippen molar-refractivity contribution in [1.29, 1.82) is 0 Å². The van der Waals surface area contributed by atoms with Gasteiger partial charge < -0.3 is 19.3 Å². The number of aryl methyl sites for hydroxylation is 1. The van der Waals surface area contributed by atoms with Gasteiger partial charge >= 0.3 is 0 Å². The summed E-state index contributed by atoms with van der Waals surface area (Å²) in [7, 11) is 0. The summed E-state index contributed by atoms with van der Waals surface area (Å²) in [4.78, 5) is 12.2. The van der Waals surface area contributed by atoms with E-state index >= 15 is 0 Å². The standard InChI is InChI=1S/C20H17FN2O4/c21-16-4-2-1-3-15(16)20-14(11-27-23-20)6-8-19(24)22-10-13-5-7-17-18(9-13)26-12-25-17/h1-5,7,9,11H,6,8,10,12H2,(H,22,24). The van der Waals surface area contributed by atoms with Crippen LogP contribution in [0.4, 0.5) is 4.39 Å². The van der Waals surface area contributed by atoms with Crippen LogP contribution < -0.4 is 14.8 Å². The maximum Gasteiger partial charge on any atom is 0.231 e. The first-order chi connectivity index (χ1) is 13.2. The van der Waals surface area contributed by atoms with E-state index in [0.717, 1.165) is 5.56 Å². The molecule has 1 N–H and O–H groups in total. The second-order valence-electron chi connectivity index (χ2n) is 6.13. The third-order valence-corrected chi connectivity index (χ3v) is 4.32. The van der Waals surface area contributed by atoms with E-state index in [9.17, 15) is 9.18 Å². The number of nitrogens with one attached hydrogen (secondary N) is 1. The summed E-state index contributed by atoms with van der Waals surface area (Å²) >= 11 is 0. The van der Waals surface area contributed by atoms with E-state index in [-0.39, 0.29) is 24.9 Å². The number of fused-ring (bicyclic) bond motifs is 1. The van der Waals surface area contributed by atoms with Gasteiger partial charge in [-0.3, -0.25) is 4.79 Å². The van der Waals surface area contributed by atoms with Crippen molar-refractivity contribution in [2.24, 2.45) is 0 Å². The highest BCUT2D eigenvalue weighted by Gasteiger charge is 2.16. The molecule has 0 unspecified atom stereocenters. The molecule has 138 valence electrons. The first-order valence-electron chi connectivity index (χ1n) is 8.54. The molecule has 0 aliphatic carbocycles.